The lowest BCUT2D eigenvalue weighted by molar-refractivity contribution is -0.0115. The predicted molar refractivity (Wildman–Crippen MR) is 143 cm³/mol. The van der Waals surface area contributed by atoms with Gasteiger partial charge in [0, 0.05) is 49.9 Å². The molecular weight excluding hydrogens is 525 g/mol. The van der Waals surface area contributed by atoms with E-state index in [1.165, 1.54) is 6.20 Å². The normalized spacial score (nSPS) is 15.9. The van der Waals surface area contributed by atoms with E-state index in [1.807, 2.05) is 23.2 Å². The summed E-state index contributed by atoms with van der Waals surface area (Å²) in [5, 5.41) is 5.12. The topological polar surface area (TPSA) is 80.6 Å². The first-order valence-corrected chi connectivity index (χ1v) is 13.0. The second-order valence-electron chi connectivity index (χ2n) is 9.50. The molecule has 0 aliphatic carbocycles. The number of carbonyl (C=O) groups excluding carboxylic acids is 2. The van der Waals surface area contributed by atoms with Crippen LogP contribution in [0.15, 0.2) is 79.3 Å². The molecule has 0 N–H and O–H groups in total. The smallest absolute Gasteiger partial charge is 0.255 e. The van der Waals surface area contributed by atoms with Crippen molar-refractivity contribution in [2.24, 2.45) is 0 Å². The molecule has 10 heteroatoms. The van der Waals surface area contributed by atoms with Crippen molar-refractivity contribution in [2.75, 3.05) is 19.6 Å². The maximum absolute atomic E-state index is 13.5. The molecule has 4 heterocycles. The van der Waals surface area contributed by atoms with Gasteiger partial charge in [-0.2, -0.15) is 5.10 Å². The fourth-order valence-corrected chi connectivity index (χ4v) is 5.54. The summed E-state index contributed by atoms with van der Waals surface area (Å²) in [6.07, 6.45) is 6.76. The number of halogens is 2. The Balaban J connectivity index is 1.11. The third kappa shape index (κ3) is 4.50. The van der Waals surface area contributed by atoms with Crippen LogP contribution in [-0.2, 0) is 0 Å². The molecule has 2 aromatic carbocycles. The first kappa shape index (κ1) is 24.5. The van der Waals surface area contributed by atoms with Crippen LogP contribution in [-0.4, -0.2) is 61.6 Å². The van der Waals surface area contributed by atoms with E-state index in [9.17, 15) is 9.59 Å². The molecule has 6 rings (SSSR count). The highest BCUT2D eigenvalue weighted by molar-refractivity contribution is 6.34. The molecule has 2 aliphatic heterocycles. The van der Waals surface area contributed by atoms with E-state index in [0.29, 0.717) is 52.4 Å². The first-order valence-electron chi connectivity index (χ1n) is 12.2. The monoisotopic (exact) mass is 547 g/mol. The number of aromatic nitrogens is 3. The minimum atomic E-state index is -0.361. The molecule has 2 saturated heterocycles. The molecule has 2 aromatic heterocycles. The quantitative estimate of drug-likeness (QED) is 0.329. The van der Waals surface area contributed by atoms with Gasteiger partial charge in [0.05, 0.1) is 26.8 Å². The lowest BCUT2D eigenvalue weighted by Crippen LogP contribution is -2.69. The van der Waals surface area contributed by atoms with Crippen molar-refractivity contribution in [1.29, 1.82) is 0 Å². The van der Waals surface area contributed by atoms with Crippen molar-refractivity contribution >= 4 is 35.0 Å². The fraction of sp³-hybridized carbons (Fsp3) is 0.214. The van der Waals surface area contributed by atoms with Crippen LogP contribution < -0.4 is 4.74 Å². The molecule has 38 heavy (non-hydrogen) atoms. The van der Waals surface area contributed by atoms with Gasteiger partial charge in [0.25, 0.3) is 11.8 Å². The summed E-state index contributed by atoms with van der Waals surface area (Å²) in [4.78, 5) is 34.5. The molecule has 0 atom stereocenters. The number of pyridine rings is 1. The molecule has 8 nitrogen and oxygen atoms in total. The molecule has 1 spiro atoms. The van der Waals surface area contributed by atoms with Gasteiger partial charge in [-0.3, -0.25) is 9.59 Å². The number of amides is 2. The van der Waals surface area contributed by atoms with Crippen LogP contribution in [0.4, 0.5) is 0 Å². The van der Waals surface area contributed by atoms with E-state index in [-0.39, 0.29) is 17.4 Å². The van der Waals surface area contributed by atoms with Gasteiger partial charge >= 0.3 is 0 Å². The van der Waals surface area contributed by atoms with Gasteiger partial charge in [-0.25, -0.2) is 9.67 Å². The molecule has 0 radical (unpaired) electrons. The van der Waals surface area contributed by atoms with Crippen molar-refractivity contribution in [1.82, 2.24) is 24.6 Å². The van der Waals surface area contributed by atoms with Crippen LogP contribution in [0.5, 0.6) is 11.6 Å². The summed E-state index contributed by atoms with van der Waals surface area (Å²) in [7, 11) is 0. The summed E-state index contributed by atoms with van der Waals surface area (Å²) in [5.41, 5.74) is 1.44. The second kappa shape index (κ2) is 9.78. The molecule has 4 aromatic rings. The van der Waals surface area contributed by atoms with Crippen molar-refractivity contribution in [2.45, 2.75) is 18.4 Å². The molecule has 2 fully saturated rings. The van der Waals surface area contributed by atoms with E-state index >= 15 is 0 Å². The zero-order valence-corrected chi connectivity index (χ0v) is 21.8. The van der Waals surface area contributed by atoms with Gasteiger partial charge in [-0.1, -0.05) is 23.2 Å². The maximum Gasteiger partial charge on any atom is 0.255 e. The number of ether oxygens (including phenoxy) is 1. The standard InChI is InChI=1S/C28H23Cl2N5O3/c29-20-5-10-25(31-16-20)38-22-7-3-19(4-8-22)26(36)33-17-28(18-33)11-1-13-34(28)27(37)23-9-6-21(15-24(23)30)35-14-2-12-32-35/h2-10,12,14-16H,1,11,13,17-18H2. The number of nitrogens with zero attached hydrogens (tertiary/aromatic N) is 5. The van der Waals surface area contributed by atoms with Gasteiger partial charge in [-0.05, 0) is 67.4 Å². The van der Waals surface area contributed by atoms with Crippen LogP contribution in [0, 0.1) is 0 Å². The van der Waals surface area contributed by atoms with Crippen LogP contribution in [0.25, 0.3) is 5.69 Å². The Bertz CT molecular complexity index is 1480. The highest BCUT2D eigenvalue weighted by atomic mass is 35.5. The van der Waals surface area contributed by atoms with E-state index < -0.39 is 0 Å². The van der Waals surface area contributed by atoms with Gasteiger partial charge in [0.2, 0.25) is 5.88 Å². The highest BCUT2D eigenvalue weighted by Gasteiger charge is 2.53. The van der Waals surface area contributed by atoms with Gasteiger partial charge in [0.1, 0.15) is 5.75 Å². The van der Waals surface area contributed by atoms with E-state index in [0.717, 1.165) is 18.5 Å². The molecule has 0 bridgehead atoms. The Hall–Kier alpha value is -3.88. The Morgan fingerprint density at radius 1 is 0.974 bits per heavy atom. The van der Waals surface area contributed by atoms with Crippen LogP contribution in [0.2, 0.25) is 10.0 Å². The summed E-state index contributed by atoms with van der Waals surface area (Å²) in [6.45, 7) is 1.63. The van der Waals surface area contributed by atoms with Gasteiger partial charge in [0.15, 0.2) is 0 Å². The Morgan fingerprint density at radius 2 is 1.79 bits per heavy atom. The van der Waals surface area contributed by atoms with Crippen LogP contribution in [0.3, 0.4) is 0 Å². The second-order valence-corrected chi connectivity index (χ2v) is 10.3. The third-order valence-corrected chi connectivity index (χ3v) is 7.61. The molecule has 0 unspecified atom stereocenters. The summed E-state index contributed by atoms with van der Waals surface area (Å²) in [6, 6.07) is 17.5. The van der Waals surface area contributed by atoms with E-state index in [2.05, 4.69) is 10.1 Å². The average molecular weight is 548 g/mol. The number of hydrogen-bond donors (Lipinski definition) is 0. The van der Waals surface area contributed by atoms with Crippen LogP contribution >= 0.6 is 23.2 Å². The molecule has 0 saturated carbocycles. The third-order valence-electron chi connectivity index (χ3n) is 7.08. The van der Waals surface area contributed by atoms with Crippen LogP contribution in [0.1, 0.15) is 33.6 Å². The van der Waals surface area contributed by atoms with Crippen molar-refractivity contribution < 1.29 is 14.3 Å². The Morgan fingerprint density at radius 3 is 2.47 bits per heavy atom. The van der Waals surface area contributed by atoms with Gasteiger partial charge < -0.3 is 14.5 Å². The number of hydrogen-bond acceptors (Lipinski definition) is 5. The summed E-state index contributed by atoms with van der Waals surface area (Å²) < 4.78 is 7.41. The average Bonchev–Trinajstić information content (AvgIpc) is 3.60. The van der Waals surface area contributed by atoms with Gasteiger partial charge in [-0.15, -0.1) is 0 Å². The zero-order valence-electron chi connectivity index (χ0n) is 20.3. The van der Waals surface area contributed by atoms with E-state index in [1.54, 1.807) is 64.3 Å². The Labute approximate surface area is 229 Å². The number of carbonyl (C=O) groups is 2. The number of rotatable bonds is 5. The predicted octanol–water partition coefficient (Wildman–Crippen LogP) is 5.50. The highest BCUT2D eigenvalue weighted by Crippen LogP contribution is 2.40. The summed E-state index contributed by atoms with van der Waals surface area (Å²) >= 11 is 12.4. The fourth-order valence-electron chi connectivity index (χ4n) is 5.17. The molecule has 2 amide bonds. The summed E-state index contributed by atoms with van der Waals surface area (Å²) in [5.74, 6) is 0.802. The lowest BCUT2D eigenvalue weighted by atomic mass is 9.86. The SMILES string of the molecule is O=C(c1ccc(Oc2ccc(Cl)cn2)cc1)N1CC2(CCCN2C(=O)c2ccc(-n3cccn3)cc2Cl)C1. The van der Waals surface area contributed by atoms with E-state index in [4.69, 9.17) is 27.9 Å². The molecular formula is C28H23Cl2N5O3. The van der Waals surface area contributed by atoms with Crippen molar-refractivity contribution in [3.05, 3.63) is 100 Å². The zero-order chi connectivity index (χ0) is 26.3. The molecule has 2 aliphatic rings. The van der Waals surface area contributed by atoms with Crippen molar-refractivity contribution in [3.8, 4) is 17.3 Å². The minimum Gasteiger partial charge on any atom is -0.439 e. The number of benzene rings is 2. The van der Waals surface area contributed by atoms with Crippen molar-refractivity contribution in [3.63, 3.8) is 0 Å². The maximum atomic E-state index is 13.5. The minimum absolute atomic E-state index is 0.0762. The first-order chi connectivity index (χ1) is 18.4. The largest absolute Gasteiger partial charge is 0.439 e. The Kier molecular flexibility index (Phi) is 6.29. The lowest BCUT2D eigenvalue weighted by Gasteiger charge is -2.52. The number of likely N-dealkylation sites (tertiary alicyclic amines) is 2. The molecule has 192 valence electrons.